The van der Waals surface area contributed by atoms with Crippen LogP contribution in [-0.2, 0) is 19.6 Å². The molecule has 0 radical (unpaired) electrons. The largest absolute Gasteiger partial charge is 0.469 e. The topological polar surface area (TPSA) is 63.7 Å². The quantitative estimate of drug-likeness (QED) is 0.781. The Kier molecular flexibility index (Phi) is 3.74. The summed E-state index contributed by atoms with van der Waals surface area (Å²) >= 11 is 3.25. The van der Waals surface area contributed by atoms with E-state index in [0.29, 0.717) is 0 Å². The van der Waals surface area contributed by atoms with Crippen LogP contribution in [0.15, 0.2) is 33.6 Å². The van der Waals surface area contributed by atoms with Gasteiger partial charge in [-0.15, -0.1) is 0 Å². The van der Waals surface area contributed by atoms with Crippen molar-refractivity contribution in [2.24, 2.45) is 5.92 Å². The number of esters is 1. The van der Waals surface area contributed by atoms with E-state index < -0.39 is 10.0 Å². The highest BCUT2D eigenvalue weighted by Gasteiger charge is 2.40. The van der Waals surface area contributed by atoms with Crippen molar-refractivity contribution < 1.29 is 17.9 Å². The molecule has 1 aromatic carbocycles. The number of hydrogen-bond donors (Lipinski definition) is 0. The standard InChI is InChI=1S/C11H12BrNO4S/c1-17-11(14)8-6-13(7-8)18(15,16)10-4-2-9(12)3-5-10/h2-5,8H,6-7H2,1H3. The molecule has 1 aliphatic rings. The van der Waals surface area contributed by atoms with E-state index in [9.17, 15) is 13.2 Å². The summed E-state index contributed by atoms with van der Waals surface area (Å²) in [6.07, 6.45) is 0. The molecule has 0 aromatic heterocycles. The Bertz CT molecular complexity index is 549. The van der Waals surface area contributed by atoms with Crippen molar-refractivity contribution in [2.45, 2.75) is 4.90 Å². The first-order valence-corrected chi connectivity index (χ1v) is 7.52. The van der Waals surface area contributed by atoms with Gasteiger partial charge in [-0.2, -0.15) is 4.31 Å². The van der Waals surface area contributed by atoms with Crippen molar-refractivity contribution in [2.75, 3.05) is 20.2 Å². The Morgan fingerprint density at radius 2 is 1.89 bits per heavy atom. The minimum Gasteiger partial charge on any atom is -0.469 e. The Labute approximate surface area is 114 Å². The molecule has 1 aromatic rings. The van der Waals surface area contributed by atoms with E-state index in [-0.39, 0.29) is 29.9 Å². The minimum atomic E-state index is -3.49. The van der Waals surface area contributed by atoms with Gasteiger partial charge in [0.05, 0.1) is 17.9 Å². The SMILES string of the molecule is COC(=O)C1CN(S(=O)(=O)c2ccc(Br)cc2)C1. The zero-order valence-corrected chi connectivity index (χ0v) is 12.1. The van der Waals surface area contributed by atoms with E-state index in [2.05, 4.69) is 20.7 Å². The van der Waals surface area contributed by atoms with Gasteiger partial charge in [-0.3, -0.25) is 4.79 Å². The van der Waals surface area contributed by atoms with E-state index in [4.69, 9.17) is 0 Å². The van der Waals surface area contributed by atoms with Gasteiger partial charge in [-0.1, -0.05) is 15.9 Å². The fraction of sp³-hybridized carbons (Fsp3) is 0.364. The van der Waals surface area contributed by atoms with E-state index in [1.165, 1.54) is 23.5 Å². The molecule has 1 heterocycles. The number of ether oxygens (including phenoxy) is 1. The third-order valence-corrected chi connectivity index (χ3v) is 5.21. The highest BCUT2D eigenvalue weighted by molar-refractivity contribution is 9.10. The molecule has 5 nitrogen and oxygen atoms in total. The van der Waals surface area contributed by atoms with Crippen LogP contribution in [0.3, 0.4) is 0 Å². The number of carbonyl (C=O) groups is 1. The van der Waals surface area contributed by atoms with Crippen molar-refractivity contribution in [1.82, 2.24) is 4.31 Å². The number of nitrogens with zero attached hydrogens (tertiary/aromatic N) is 1. The Morgan fingerprint density at radius 3 is 2.39 bits per heavy atom. The maximum absolute atomic E-state index is 12.1. The number of methoxy groups -OCH3 is 1. The lowest BCUT2D eigenvalue weighted by atomic mass is 10.0. The summed E-state index contributed by atoms with van der Waals surface area (Å²) in [4.78, 5) is 11.4. The molecule has 0 saturated carbocycles. The van der Waals surface area contributed by atoms with Gasteiger partial charge >= 0.3 is 5.97 Å². The molecule has 0 aliphatic carbocycles. The predicted octanol–water partition coefficient (Wildman–Crippen LogP) is 1.24. The molecular formula is C11H12BrNO4S. The van der Waals surface area contributed by atoms with Gasteiger partial charge in [0.15, 0.2) is 0 Å². The van der Waals surface area contributed by atoms with Gasteiger partial charge < -0.3 is 4.74 Å². The van der Waals surface area contributed by atoms with Crippen molar-refractivity contribution >= 4 is 31.9 Å². The first kappa shape index (κ1) is 13.5. The second-order valence-electron chi connectivity index (χ2n) is 4.00. The van der Waals surface area contributed by atoms with E-state index in [0.717, 1.165) is 4.47 Å². The van der Waals surface area contributed by atoms with E-state index in [1.807, 2.05) is 0 Å². The van der Waals surface area contributed by atoms with E-state index in [1.54, 1.807) is 12.1 Å². The van der Waals surface area contributed by atoms with Crippen LogP contribution in [0, 0.1) is 5.92 Å². The van der Waals surface area contributed by atoms with Crippen LogP contribution in [0.2, 0.25) is 0 Å². The van der Waals surface area contributed by atoms with Crippen molar-refractivity contribution in [1.29, 1.82) is 0 Å². The first-order valence-electron chi connectivity index (χ1n) is 5.28. The minimum absolute atomic E-state index is 0.186. The van der Waals surface area contributed by atoms with Gasteiger partial charge in [-0.05, 0) is 24.3 Å². The molecule has 2 rings (SSSR count). The lowest BCUT2D eigenvalue weighted by molar-refractivity contribution is -0.149. The molecule has 0 spiro atoms. The Balaban J connectivity index is 2.10. The molecule has 1 fully saturated rings. The van der Waals surface area contributed by atoms with Crippen LogP contribution in [0.5, 0.6) is 0 Å². The van der Waals surface area contributed by atoms with Crippen molar-refractivity contribution in [3.63, 3.8) is 0 Å². The number of rotatable bonds is 3. The summed E-state index contributed by atoms with van der Waals surface area (Å²) in [6, 6.07) is 6.41. The number of benzene rings is 1. The summed E-state index contributed by atoms with van der Waals surface area (Å²) < 4.78 is 30.9. The average molecular weight is 334 g/mol. The summed E-state index contributed by atoms with van der Waals surface area (Å²) in [7, 11) is -2.19. The van der Waals surface area contributed by atoms with Gasteiger partial charge in [0.1, 0.15) is 0 Å². The maximum Gasteiger partial charge on any atom is 0.311 e. The van der Waals surface area contributed by atoms with Crippen LogP contribution in [0.4, 0.5) is 0 Å². The number of carbonyl (C=O) groups excluding carboxylic acids is 1. The number of sulfonamides is 1. The maximum atomic E-state index is 12.1. The third kappa shape index (κ3) is 2.43. The number of halogens is 1. The average Bonchev–Trinajstić information content (AvgIpc) is 2.27. The molecule has 0 amide bonds. The van der Waals surface area contributed by atoms with Crippen molar-refractivity contribution in [3.8, 4) is 0 Å². The normalized spacial score (nSPS) is 17.2. The van der Waals surface area contributed by atoms with Gasteiger partial charge in [0.2, 0.25) is 10.0 Å². The second kappa shape index (κ2) is 4.99. The smallest absolute Gasteiger partial charge is 0.311 e. The van der Waals surface area contributed by atoms with Gasteiger partial charge in [-0.25, -0.2) is 8.42 Å². The van der Waals surface area contributed by atoms with E-state index >= 15 is 0 Å². The predicted molar refractivity (Wildman–Crippen MR) is 68.4 cm³/mol. The Hall–Kier alpha value is -0.920. The van der Waals surface area contributed by atoms with Gasteiger partial charge in [0.25, 0.3) is 0 Å². The second-order valence-corrected chi connectivity index (χ2v) is 6.85. The lowest BCUT2D eigenvalue weighted by Gasteiger charge is -2.36. The number of hydrogen-bond acceptors (Lipinski definition) is 4. The molecule has 0 N–H and O–H groups in total. The zero-order valence-electron chi connectivity index (χ0n) is 9.67. The molecule has 0 unspecified atom stereocenters. The molecule has 18 heavy (non-hydrogen) atoms. The fourth-order valence-electron chi connectivity index (χ4n) is 1.71. The Morgan fingerprint density at radius 1 is 1.33 bits per heavy atom. The van der Waals surface area contributed by atoms with Crippen molar-refractivity contribution in [3.05, 3.63) is 28.7 Å². The third-order valence-electron chi connectivity index (χ3n) is 2.83. The highest BCUT2D eigenvalue weighted by Crippen LogP contribution is 2.26. The molecule has 0 atom stereocenters. The molecule has 98 valence electrons. The van der Waals surface area contributed by atoms with Crippen LogP contribution < -0.4 is 0 Å². The van der Waals surface area contributed by atoms with Crippen LogP contribution >= 0.6 is 15.9 Å². The van der Waals surface area contributed by atoms with Crippen LogP contribution in [0.25, 0.3) is 0 Å². The summed E-state index contributed by atoms with van der Waals surface area (Å²) in [5, 5.41) is 0. The summed E-state index contributed by atoms with van der Waals surface area (Å²) in [5.41, 5.74) is 0. The van der Waals surface area contributed by atoms with Crippen LogP contribution in [0.1, 0.15) is 0 Å². The zero-order chi connectivity index (χ0) is 13.3. The monoisotopic (exact) mass is 333 g/mol. The molecule has 0 bridgehead atoms. The summed E-state index contributed by atoms with van der Waals surface area (Å²) in [6.45, 7) is 0.371. The summed E-state index contributed by atoms with van der Waals surface area (Å²) in [5.74, 6) is -0.711. The first-order chi connectivity index (χ1) is 8.45. The molecular weight excluding hydrogens is 322 g/mol. The molecule has 1 saturated heterocycles. The fourth-order valence-corrected chi connectivity index (χ4v) is 3.50. The highest BCUT2D eigenvalue weighted by atomic mass is 79.9. The van der Waals surface area contributed by atoms with Crippen LogP contribution in [-0.4, -0.2) is 38.9 Å². The van der Waals surface area contributed by atoms with Gasteiger partial charge in [0, 0.05) is 17.6 Å². The molecule has 1 aliphatic heterocycles. The lowest BCUT2D eigenvalue weighted by Crippen LogP contribution is -2.53. The molecule has 7 heteroatoms.